The zero-order valence-electron chi connectivity index (χ0n) is 11.2. The number of anilines is 1. The maximum atomic E-state index is 12.2. The molecule has 1 aliphatic carbocycles. The fourth-order valence-corrected chi connectivity index (χ4v) is 3.48. The monoisotopic (exact) mass is 387 g/mol. The number of halogens is 1. The SMILES string of the molecule is O=C(O)CC1(CC(=O)Nc2ccccc2I)CCCC1. The van der Waals surface area contributed by atoms with Gasteiger partial charge in [-0.25, -0.2) is 0 Å². The third-order valence-electron chi connectivity index (χ3n) is 3.87. The lowest BCUT2D eigenvalue weighted by Gasteiger charge is -2.26. The number of amides is 1. The van der Waals surface area contributed by atoms with Crippen molar-refractivity contribution < 1.29 is 14.7 Å². The molecule has 1 aromatic rings. The van der Waals surface area contributed by atoms with Crippen molar-refractivity contribution in [3.05, 3.63) is 27.8 Å². The van der Waals surface area contributed by atoms with E-state index >= 15 is 0 Å². The molecule has 1 amide bonds. The Hall–Kier alpha value is -1.11. The van der Waals surface area contributed by atoms with Crippen molar-refractivity contribution in [1.29, 1.82) is 0 Å². The standard InChI is InChI=1S/C15H18INO3/c16-11-5-1-2-6-12(11)17-13(18)9-15(10-14(19)20)7-3-4-8-15/h1-2,5-6H,3-4,7-10H2,(H,17,18)(H,19,20). The molecule has 108 valence electrons. The molecule has 1 saturated carbocycles. The number of benzene rings is 1. The van der Waals surface area contributed by atoms with E-state index in [4.69, 9.17) is 5.11 Å². The lowest BCUT2D eigenvalue weighted by Crippen LogP contribution is -2.27. The van der Waals surface area contributed by atoms with Crippen molar-refractivity contribution in [2.24, 2.45) is 5.41 Å². The van der Waals surface area contributed by atoms with E-state index in [9.17, 15) is 9.59 Å². The van der Waals surface area contributed by atoms with E-state index < -0.39 is 5.97 Å². The van der Waals surface area contributed by atoms with Gasteiger partial charge >= 0.3 is 5.97 Å². The Balaban J connectivity index is 2.02. The first-order chi connectivity index (χ1) is 9.51. The molecule has 20 heavy (non-hydrogen) atoms. The van der Waals surface area contributed by atoms with E-state index in [1.165, 1.54) is 0 Å². The minimum Gasteiger partial charge on any atom is -0.481 e. The molecule has 1 fully saturated rings. The molecule has 4 nitrogen and oxygen atoms in total. The molecule has 0 atom stereocenters. The summed E-state index contributed by atoms with van der Waals surface area (Å²) in [6, 6.07) is 7.58. The second-order valence-corrected chi connectivity index (χ2v) is 6.64. The highest BCUT2D eigenvalue weighted by Crippen LogP contribution is 2.44. The first kappa shape index (κ1) is 15.3. The van der Waals surface area contributed by atoms with E-state index in [2.05, 4.69) is 27.9 Å². The van der Waals surface area contributed by atoms with Crippen molar-refractivity contribution >= 4 is 40.2 Å². The zero-order valence-corrected chi connectivity index (χ0v) is 13.4. The number of carbonyl (C=O) groups is 2. The number of rotatable bonds is 5. The molecule has 2 rings (SSSR count). The van der Waals surface area contributed by atoms with Crippen LogP contribution in [0.2, 0.25) is 0 Å². The van der Waals surface area contributed by atoms with Gasteiger partial charge in [-0.3, -0.25) is 9.59 Å². The lowest BCUT2D eigenvalue weighted by atomic mass is 9.79. The summed E-state index contributed by atoms with van der Waals surface area (Å²) in [6.45, 7) is 0. The topological polar surface area (TPSA) is 66.4 Å². The molecule has 0 aromatic heterocycles. The van der Waals surface area contributed by atoms with Gasteiger partial charge in [-0.1, -0.05) is 25.0 Å². The number of carbonyl (C=O) groups excluding carboxylic acids is 1. The number of hydrogen-bond donors (Lipinski definition) is 2. The van der Waals surface area contributed by atoms with Crippen molar-refractivity contribution in [2.75, 3.05) is 5.32 Å². The minimum atomic E-state index is -0.811. The molecular formula is C15H18INO3. The highest BCUT2D eigenvalue weighted by molar-refractivity contribution is 14.1. The van der Waals surface area contributed by atoms with Crippen LogP contribution in [0, 0.1) is 8.99 Å². The van der Waals surface area contributed by atoms with Crippen LogP contribution in [0.1, 0.15) is 38.5 Å². The maximum absolute atomic E-state index is 12.2. The zero-order chi connectivity index (χ0) is 14.6. The van der Waals surface area contributed by atoms with Gasteiger partial charge in [-0.2, -0.15) is 0 Å². The molecule has 0 saturated heterocycles. The Kier molecular flexibility index (Phi) is 5.01. The van der Waals surface area contributed by atoms with Gasteiger partial charge in [0, 0.05) is 9.99 Å². The molecule has 0 unspecified atom stereocenters. The molecule has 1 aromatic carbocycles. The van der Waals surface area contributed by atoms with Crippen LogP contribution in [0.15, 0.2) is 24.3 Å². The molecule has 2 N–H and O–H groups in total. The molecule has 0 heterocycles. The van der Waals surface area contributed by atoms with Crippen molar-refractivity contribution in [3.8, 4) is 0 Å². The number of hydrogen-bond acceptors (Lipinski definition) is 2. The highest BCUT2D eigenvalue weighted by atomic mass is 127. The summed E-state index contributed by atoms with van der Waals surface area (Å²) in [7, 11) is 0. The van der Waals surface area contributed by atoms with Crippen LogP contribution in [0.5, 0.6) is 0 Å². The third-order valence-corrected chi connectivity index (χ3v) is 4.81. The molecule has 0 aliphatic heterocycles. The van der Waals surface area contributed by atoms with Crippen molar-refractivity contribution in [1.82, 2.24) is 0 Å². The number of nitrogens with one attached hydrogen (secondary N) is 1. The molecule has 0 radical (unpaired) electrons. The lowest BCUT2D eigenvalue weighted by molar-refractivity contribution is -0.140. The van der Waals surface area contributed by atoms with Gasteiger partial charge in [-0.15, -0.1) is 0 Å². The molecule has 0 spiro atoms. The van der Waals surface area contributed by atoms with Crippen LogP contribution in [-0.4, -0.2) is 17.0 Å². The van der Waals surface area contributed by atoms with Gasteiger partial charge < -0.3 is 10.4 Å². The first-order valence-electron chi connectivity index (χ1n) is 6.77. The molecule has 1 aliphatic rings. The largest absolute Gasteiger partial charge is 0.481 e. The summed E-state index contributed by atoms with van der Waals surface area (Å²) >= 11 is 2.17. The van der Waals surface area contributed by atoms with E-state index in [1.54, 1.807) is 0 Å². The van der Waals surface area contributed by atoms with E-state index in [0.717, 1.165) is 34.9 Å². The summed E-state index contributed by atoms with van der Waals surface area (Å²) in [6.07, 6.45) is 4.08. The van der Waals surface area contributed by atoms with Crippen molar-refractivity contribution in [3.63, 3.8) is 0 Å². The maximum Gasteiger partial charge on any atom is 0.303 e. The van der Waals surface area contributed by atoms with Crippen LogP contribution in [0.25, 0.3) is 0 Å². The van der Waals surface area contributed by atoms with E-state index in [-0.39, 0.29) is 17.7 Å². The predicted octanol–water partition coefficient (Wildman–Crippen LogP) is 3.65. The minimum absolute atomic E-state index is 0.0859. The van der Waals surface area contributed by atoms with Gasteiger partial charge in [0.15, 0.2) is 0 Å². The molecular weight excluding hydrogens is 369 g/mol. The van der Waals surface area contributed by atoms with Crippen LogP contribution in [0.3, 0.4) is 0 Å². The van der Waals surface area contributed by atoms with Gasteiger partial charge in [0.25, 0.3) is 0 Å². The fourth-order valence-electron chi connectivity index (χ4n) is 2.96. The molecule has 0 bridgehead atoms. The normalized spacial score (nSPS) is 16.9. The predicted molar refractivity (Wildman–Crippen MR) is 85.6 cm³/mol. The average molecular weight is 387 g/mol. The average Bonchev–Trinajstić information content (AvgIpc) is 2.79. The number of carboxylic acids is 1. The Morgan fingerprint density at radius 2 is 1.85 bits per heavy atom. The summed E-state index contributed by atoms with van der Waals surface area (Å²) in [4.78, 5) is 23.2. The van der Waals surface area contributed by atoms with E-state index in [1.807, 2.05) is 24.3 Å². The van der Waals surface area contributed by atoms with E-state index in [0.29, 0.717) is 6.42 Å². The van der Waals surface area contributed by atoms with Crippen molar-refractivity contribution in [2.45, 2.75) is 38.5 Å². The Morgan fingerprint density at radius 1 is 1.20 bits per heavy atom. The second-order valence-electron chi connectivity index (χ2n) is 5.48. The summed E-state index contributed by atoms with van der Waals surface area (Å²) in [5.74, 6) is -0.897. The second kappa shape index (κ2) is 6.56. The summed E-state index contributed by atoms with van der Waals surface area (Å²) < 4.78 is 0.983. The van der Waals surface area contributed by atoms with Gasteiger partial charge in [0.05, 0.1) is 12.1 Å². The van der Waals surface area contributed by atoms with Crippen LogP contribution in [-0.2, 0) is 9.59 Å². The Labute approximate surface area is 132 Å². The summed E-state index contributed by atoms with van der Waals surface area (Å²) in [5, 5.41) is 11.9. The Bertz CT molecular complexity index is 510. The van der Waals surface area contributed by atoms with Crippen LogP contribution >= 0.6 is 22.6 Å². The van der Waals surface area contributed by atoms with Gasteiger partial charge in [-0.05, 0) is 53.0 Å². The van der Waals surface area contributed by atoms with Gasteiger partial charge in [0.1, 0.15) is 0 Å². The van der Waals surface area contributed by atoms with Crippen LogP contribution < -0.4 is 5.32 Å². The summed E-state index contributed by atoms with van der Waals surface area (Å²) in [5.41, 5.74) is 0.442. The Morgan fingerprint density at radius 3 is 2.45 bits per heavy atom. The quantitative estimate of drug-likeness (QED) is 0.758. The molecule has 5 heteroatoms. The van der Waals surface area contributed by atoms with Gasteiger partial charge in [0.2, 0.25) is 5.91 Å². The number of carboxylic acid groups (broad SMARTS) is 1. The number of para-hydroxylation sites is 1. The first-order valence-corrected chi connectivity index (χ1v) is 7.85. The number of aliphatic carboxylic acids is 1. The third kappa shape index (κ3) is 3.94. The smallest absolute Gasteiger partial charge is 0.303 e. The fraction of sp³-hybridized carbons (Fsp3) is 0.467. The van der Waals surface area contributed by atoms with Crippen LogP contribution in [0.4, 0.5) is 5.69 Å². The highest BCUT2D eigenvalue weighted by Gasteiger charge is 2.38.